The van der Waals surface area contributed by atoms with Crippen LogP contribution in [0.15, 0.2) is 5.38 Å². The second-order valence-electron chi connectivity index (χ2n) is 2.65. The average Bonchev–Trinajstić information content (AvgIpc) is 2.52. The fraction of sp³-hybridized carbons (Fsp3) is 0.500. The molecule has 0 saturated carbocycles. The summed E-state index contributed by atoms with van der Waals surface area (Å²) in [5.74, 6) is -0.111. The van der Waals surface area contributed by atoms with Crippen molar-refractivity contribution < 1.29 is 9.90 Å². The standard InChI is InChI=1S/C8H12N2O2S/c1-6-7(5-13-10-6)8(12)9-3-2-4-11/h5,11H,2-4H2,1H3,(H,9,12). The SMILES string of the molecule is Cc1nscc1C(=O)NCCCO. The fourth-order valence-electron chi connectivity index (χ4n) is 0.887. The lowest BCUT2D eigenvalue weighted by atomic mass is 10.2. The molecule has 5 heteroatoms. The lowest BCUT2D eigenvalue weighted by Crippen LogP contribution is -2.25. The summed E-state index contributed by atoms with van der Waals surface area (Å²) in [5.41, 5.74) is 1.38. The second-order valence-corrected chi connectivity index (χ2v) is 3.28. The summed E-state index contributed by atoms with van der Waals surface area (Å²) in [6.45, 7) is 2.41. The van der Waals surface area contributed by atoms with Crippen molar-refractivity contribution in [3.8, 4) is 0 Å². The van der Waals surface area contributed by atoms with Gasteiger partial charge in [-0.05, 0) is 24.9 Å². The Labute approximate surface area is 80.8 Å². The van der Waals surface area contributed by atoms with Gasteiger partial charge < -0.3 is 10.4 Å². The number of hydrogen-bond donors (Lipinski definition) is 2. The van der Waals surface area contributed by atoms with Gasteiger partial charge in [0.15, 0.2) is 0 Å². The Morgan fingerprint density at radius 1 is 1.77 bits per heavy atom. The molecule has 2 N–H and O–H groups in total. The molecule has 0 aliphatic carbocycles. The highest BCUT2D eigenvalue weighted by Gasteiger charge is 2.09. The Hall–Kier alpha value is -0.940. The van der Waals surface area contributed by atoms with Crippen molar-refractivity contribution in [1.82, 2.24) is 9.69 Å². The van der Waals surface area contributed by atoms with Gasteiger partial charge in [-0.15, -0.1) is 0 Å². The van der Waals surface area contributed by atoms with Crippen LogP contribution in [0.25, 0.3) is 0 Å². The highest BCUT2D eigenvalue weighted by molar-refractivity contribution is 7.03. The first-order valence-electron chi connectivity index (χ1n) is 4.05. The van der Waals surface area contributed by atoms with E-state index >= 15 is 0 Å². The molecule has 1 aromatic heterocycles. The van der Waals surface area contributed by atoms with E-state index in [2.05, 4.69) is 9.69 Å². The van der Waals surface area contributed by atoms with Gasteiger partial charge in [-0.2, -0.15) is 4.37 Å². The second kappa shape index (κ2) is 4.94. The van der Waals surface area contributed by atoms with E-state index in [1.807, 2.05) is 0 Å². The Morgan fingerprint density at radius 2 is 2.54 bits per heavy atom. The number of nitrogens with one attached hydrogen (secondary N) is 1. The zero-order valence-corrected chi connectivity index (χ0v) is 8.23. The number of carbonyl (C=O) groups is 1. The minimum Gasteiger partial charge on any atom is -0.396 e. The minimum absolute atomic E-state index is 0.0984. The molecule has 0 radical (unpaired) electrons. The number of aromatic nitrogens is 1. The average molecular weight is 200 g/mol. The van der Waals surface area contributed by atoms with E-state index in [1.165, 1.54) is 11.5 Å². The van der Waals surface area contributed by atoms with Crippen molar-refractivity contribution >= 4 is 17.4 Å². The van der Waals surface area contributed by atoms with Crippen molar-refractivity contribution in [3.63, 3.8) is 0 Å². The maximum absolute atomic E-state index is 11.4. The topological polar surface area (TPSA) is 62.2 Å². The number of aliphatic hydroxyl groups is 1. The molecule has 1 amide bonds. The normalized spacial score (nSPS) is 10.0. The molecule has 0 spiro atoms. The van der Waals surface area contributed by atoms with Crippen LogP contribution in [0.2, 0.25) is 0 Å². The molecule has 13 heavy (non-hydrogen) atoms. The highest BCUT2D eigenvalue weighted by Crippen LogP contribution is 2.08. The molecule has 1 heterocycles. The molecule has 0 saturated heterocycles. The maximum Gasteiger partial charge on any atom is 0.254 e. The molecule has 4 nitrogen and oxygen atoms in total. The van der Waals surface area contributed by atoms with Crippen molar-refractivity contribution in [3.05, 3.63) is 16.6 Å². The number of hydrogen-bond acceptors (Lipinski definition) is 4. The molecule has 0 atom stereocenters. The van der Waals surface area contributed by atoms with Crippen LogP contribution in [0.4, 0.5) is 0 Å². The smallest absolute Gasteiger partial charge is 0.254 e. The molecule has 0 fully saturated rings. The van der Waals surface area contributed by atoms with Crippen molar-refractivity contribution in [2.24, 2.45) is 0 Å². The lowest BCUT2D eigenvalue weighted by molar-refractivity contribution is 0.0951. The first kappa shape index (κ1) is 10.1. The molecular weight excluding hydrogens is 188 g/mol. The van der Waals surface area contributed by atoms with Gasteiger partial charge in [0.1, 0.15) is 0 Å². The predicted molar refractivity (Wildman–Crippen MR) is 50.9 cm³/mol. The van der Waals surface area contributed by atoms with Gasteiger partial charge in [-0.1, -0.05) is 0 Å². The third-order valence-corrected chi connectivity index (χ3v) is 2.34. The number of carbonyl (C=O) groups excluding carboxylic acids is 1. The van der Waals surface area contributed by atoms with Crippen LogP contribution in [0.5, 0.6) is 0 Å². The fourth-order valence-corrected chi connectivity index (χ4v) is 1.58. The van der Waals surface area contributed by atoms with Crippen molar-refractivity contribution in [2.75, 3.05) is 13.2 Å². The van der Waals surface area contributed by atoms with Gasteiger partial charge in [0, 0.05) is 18.5 Å². The Morgan fingerprint density at radius 3 is 3.08 bits per heavy atom. The van der Waals surface area contributed by atoms with Crippen molar-refractivity contribution in [2.45, 2.75) is 13.3 Å². The number of aryl methyl sites for hydroxylation is 1. The van der Waals surface area contributed by atoms with E-state index in [1.54, 1.807) is 12.3 Å². The summed E-state index contributed by atoms with van der Waals surface area (Å²) < 4.78 is 4.00. The summed E-state index contributed by atoms with van der Waals surface area (Å²) >= 11 is 1.27. The minimum atomic E-state index is -0.111. The zero-order valence-electron chi connectivity index (χ0n) is 7.41. The van der Waals surface area contributed by atoms with Crippen LogP contribution in [0, 0.1) is 6.92 Å². The summed E-state index contributed by atoms with van der Waals surface area (Å²) in [5, 5.41) is 12.9. The van der Waals surface area contributed by atoms with Gasteiger partial charge in [0.25, 0.3) is 5.91 Å². The van der Waals surface area contributed by atoms with E-state index in [0.29, 0.717) is 18.5 Å². The summed E-state index contributed by atoms with van der Waals surface area (Å²) in [6, 6.07) is 0. The van der Waals surface area contributed by atoms with E-state index in [4.69, 9.17) is 5.11 Å². The number of amides is 1. The third-order valence-electron chi connectivity index (χ3n) is 1.62. The van der Waals surface area contributed by atoms with E-state index < -0.39 is 0 Å². The Bertz CT molecular complexity index is 285. The molecule has 0 aliphatic heterocycles. The summed E-state index contributed by atoms with van der Waals surface area (Å²) in [7, 11) is 0. The maximum atomic E-state index is 11.4. The largest absolute Gasteiger partial charge is 0.396 e. The van der Waals surface area contributed by atoms with E-state index in [-0.39, 0.29) is 12.5 Å². The Kier molecular flexibility index (Phi) is 3.85. The molecule has 72 valence electrons. The monoisotopic (exact) mass is 200 g/mol. The molecule has 0 unspecified atom stereocenters. The van der Waals surface area contributed by atoms with Gasteiger partial charge >= 0.3 is 0 Å². The predicted octanol–water partition coefficient (Wildman–Crippen LogP) is 0.564. The van der Waals surface area contributed by atoms with E-state index in [0.717, 1.165) is 5.69 Å². The molecule has 0 aromatic carbocycles. The van der Waals surface area contributed by atoms with Crippen LogP contribution < -0.4 is 5.32 Å². The quantitative estimate of drug-likeness (QED) is 0.698. The highest BCUT2D eigenvalue weighted by atomic mass is 32.1. The van der Waals surface area contributed by atoms with Gasteiger partial charge in [-0.3, -0.25) is 4.79 Å². The molecule has 0 aliphatic rings. The van der Waals surface area contributed by atoms with Crippen LogP contribution in [-0.4, -0.2) is 28.5 Å². The molecule has 1 rings (SSSR count). The van der Waals surface area contributed by atoms with Crippen LogP contribution in [0.3, 0.4) is 0 Å². The number of nitrogens with zero attached hydrogens (tertiary/aromatic N) is 1. The first-order valence-corrected chi connectivity index (χ1v) is 4.89. The lowest BCUT2D eigenvalue weighted by Gasteiger charge is -2.01. The van der Waals surface area contributed by atoms with Gasteiger partial charge in [0.2, 0.25) is 0 Å². The van der Waals surface area contributed by atoms with E-state index in [9.17, 15) is 4.79 Å². The first-order chi connectivity index (χ1) is 6.25. The van der Waals surface area contributed by atoms with Crippen LogP contribution in [0.1, 0.15) is 22.5 Å². The molecule has 0 bridgehead atoms. The van der Waals surface area contributed by atoms with Gasteiger partial charge in [0.05, 0.1) is 11.3 Å². The van der Waals surface area contributed by atoms with Crippen LogP contribution >= 0.6 is 11.5 Å². The summed E-state index contributed by atoms with van der Waals surface area (Å²) in [6.07, 6.45) is 0.586. The van der Waals surface area contributed by atoms with Gasteiger partial charge in [-0.25, -0.2) is 0 Å². The summed E-state index contributed by atoms with van der Waals surface area (Å²) in [4.78, 5) is 11.4. The zero-order chi connectivity index (χ0) is 9.68. The molecular formula is C8H12N2O2S. The van der Waals surface area contributed by atoms with Crippen molar-refractivity contribution in [1.29, 1.82) is 0 Å². The molecule has 1 aromatic rings. The number of aliphatic hydroxyl groups excluding tert-OH is 1. The van der Waals surface area contributed by atoms with Crippen LogP contribution in [-0.2, 0) is 0 Å². The third kappa shape index (κ3) is 2.78. The Balaban J connectivity index is 2.45. The number of rotatable bonds is 4.